The van der Waals surface area contributed by atoms with E-state index in [9.17, 15) is 0 Å². The van der Waals surface area contributed by atoms with E-state index < -0.39 is 0 Å². The van der Waals surface area contributed by atoms with Crippen LogP contribution in [0.25, 0.3) is 39.4 Å². The molecular formula is C26H21N. The first kappa shape index (κ1) is 17.0. The molecule has 0 amide bonds. The summed E-state index contributed by atoms with van der Waals surface area (Å²) in [6.45, 7) is 5.91. The van der Waals surface area contributed by atoms with Gasteiger partial charge in [0.1, 0.15) is 0 Å². The van der Waals surface area contributed by atoms with Gasteiger partial charge >= 0.3 is 0 Å². The Morgan fingerprint density at radius 3 is 2.15 bits per heavy atom. The number of fused-ring (bicyclic) bond motifs is 1. The molecule has 130 valence electrons. The van der Waals surface area contributed by atoms with E-state index >= 15 is 0 Å². The molecule has 0 atom stereocenters. The Morgan fingerprint density at radius 1 is 0.815 bits per heavy atom. The van der Waals surface area contributed by atoms with Crippen molar-refractivity contribution < 1.29 is 0 Å². The molecule has 0 aliphatic rings. The van der Waals surface area contributed by atoms with Crippen LogP contribution in [0.1, 0.15) is 11.1 Å². The number of allylic oxidation sites excluding steroid dienone is 2. The summed E-state index contributed by atoms with van der Waals surface area (Å²) in [5.74, 6) is 0. The van der Waals surface area contributed by atoms with E-state index in [0.717, 1.165) is 16.8 Å². The van der Waals surface area contributed by atoms with Crippen molar-refractivity contribution in [3.63, 3.8) is 0 Å². The second kappa shape index (κ2) is 7.43. The molecule has 4 rings (SSSR count). The average molecular weight is 347 g/mol. The third-order valence-electron chi connectivity index (χ3n) is 4.84. The molecule has 27 heavy (non-hydrogen) atoms. The highest BCUT2D eigenvalue weighted by Crippen LogP contribution is 2.34. The molecule has 0 unspecified atom stereocenters. The summed E-state index contributed by atoms with van der Waals surface area (Å²) in [7, 11) is 0. The van der Waals surface area contributed by atoms with Crippen LogP contribution in [0.3, 0.4) is 0 Å². The number of pyridine rings is 1. The van der Waals surface area contributed by atoms with Crippen LogP contribution in [0.5, 0.6) is 0 Å². The molecule has 0 fully saturated rings. The van der Waals surface area contributed by atoms with E-state index in [0.29, 0.717) is 0 Å². The Kier molecular flexibility index (Phi) is 4.67. The molecule has 0 spiro atoms. The highest BCUT2D eigenvalue weighted by molar-refractivity contribution is 5.99. The minimum Gasteiger partial charge on any atom is -0.247 e. The highest BCUT2D eigenvalue weighted by atomic mass is 14.7. The van der Waals surface area contributed by atoms with Crippen LogP contribution < -0.4 is 0 Å². The minimum atomic E-state index is 0.995. The van der Waals surface area contributed by atoms with Gasteiger partial charge in [-0.15, -0.1) is 0 Å². The van der Waals surface area contributed by atoms with Gasteiger partial charge in [-0.1, -0.05) is 97.6 Å². The lowest BCUT2D eigenvalue weighted by molar-refractivity contribution is 1.35. The lowest BCUT2D eigenvalue weighted by Gasteiger charge is -2.13. The summed E-state index contributed by atoms with van der Waals surface area (Å²) in [5.41, 5.74) is 7.93. The maximum Gasteiger partial charge on any atom is 0.0750 e. The standard InChI is InChI=1S/C26H21N/c1-3-4-11-20-16-17-23-24(21-12-7-5-8-13-21)18-25(27-26(23)19(20)2)22-14-9-6-10-15-22/h3-18H,1H2,2H3/b11-4-. The zero-order valence-corrected chi connectivity index (χ0v) is 15.4. The number of aromatic nitrogens is 1. The Bertz CT molecular complexity index is 1120. The van der Waals surface area contributed by atoms with Crippen molar-refractivity contribution >= 4 is 17.0 Å². The van der Waals surface area contributed by atoms with Gasteiger partial charge in [-0.3, -0.25) is 0 Å². The quantitative estimate of drug-likeness (QED) is 0.360. The Morgan fingerprint density at radius 2 is 1.48 bits per heavy atom. The van der Waals surface area contributed by atoms with Crippen LogP contribution in [0, 0.1) is 6.92 Å². The van der Waals surface area contributed by atoms with Crippen LogP contribution in [0.4, 0.5) is 0 Å². The van der Waals surface area contributed by atoms with Crippen LogP contribution in [-0.2, 0) is 0 Å². The SMILES string of the molecule is C=C/C=C\c1ccc2c(-c3ccccc3)cc(-c3ccccc3)nc2c1C. The molecule has 3 aromatic carbocycles. The number of nitrogens with zero attached hydrogens (tertiary/aromatic N) is 1. The molecule has 0 N–H and O–H groups in total. The van der Waals surface area contributed by atoms with E-state index in [1.807, 2.05) is 12.1 Å². The van der Waals surface area contributed by atoms with Crippen molar-refractivity contribution in [1.29, 1.82) is 0 Å². The van der Waals surface area contributed by atoms with Gasteiger partial charge in [0.15, 0.2) is 0 Å². The second-order valence-corrected chi connectivity index (χ2v) is 6.56. The summed E-state index contributed by atoms with van der Waals surface area (Å²) in [4.78, 5) is 5.04. The number of benzene rings is 3. The monoisotopic (exact) mass is 347 g/mol. The molecule has 0 saturated heterocycles. The van der Waals surface area contributed by atoms with Crippen molar-refractivity contribution in [2.45, 2.75) is 6.92 Å². The summed E-state index contributed by atoms with van der Waals surface area (Å²) < 4.78 is 0. The van der Waals surface area contributed by atoms with Crippen molar-refractivity contribution in [2.75, 3.05) is 0 Å². The molecule has 1 nitrogen and oxygen atoms in total. The van der Waals surface area contributed by atoms with Gasteiger partial charge in [0.25, 0.3) is 0 Å². The fourth-order valence-corrected chi connectivity index (χ4v) is 3.41. The van der Waals surface area contributed by atoms with E-state index in [-0.39, 0.29) is 0 Å². The highest BCUT2D eigenvalue weighted by Gasteiger charge is 2.12. The van der Waals surface area contributed by atoms with Gasteiger partial charge in [0.05, 0.1) is 11.2 Å². The topological polar surface area (TPSA) is 12.9 Å². The lowest BCUT2D eigenvalue weighted by atomic mass is 9.95. The zero-order valence-electron chi connectivity index (χ0n) is 15.4. The van der Waals surface area contributed by atoms with E-state index in [4.69, 9.17) is 4.98 Å². The number of rotatable bonds is 4. The predicted octanol–water partition coefficient (Wildman–Crippen LogP) is 7.08. The molecule has 0 saturated carbocycles. The summed E-state index contributed by atoms with van der Waals surface area (Å²) in [5, 5.41) is 1.18. The van der Waals surface area contributed by atoms with Crippen molar-refractivity contribution in [3.8, 4) is 22.4 Å². The van der Waals surface area contributed by atoms with Crippen LogP contribution in [0.15, 0.2) is 97.6 Å². The lowest BCUT2D eigenvalue weighted by Crippen LogP contribution is -1.94. The normalized spacial score (nSPS) is 11.1. The summed E-state index contributed by atoms with van der Waals surface area (Å²) in [6, 6.07) is 27.4. The van der Waals surface area contributed by atoms with Gasteiger partial charge in [-0.05, 0) is 35.2 Å². The van der Waals surface area contributed by atoms with Gasteiger partial charge in [-0.25, -0.2) is 4.98 Å². The molecule has 4 aromatic rings. The average Bonchev–Trinajstić information content (AvgIpc) is 2.74. The van der Waals surface area contributed by atoms with E-state index in [1.165, 1.54) is 27.6 Å². The van der Waals surface area contributed by atoms with Gasteiger partial charge in [0, 0.05) is 10.9 Å². The molecule has 0 aliphatic carbocycles. The molecule has 1 heteroatoms. The van der Waals surface area contributed by atoms with Crippen LogP contribution >= 0.6 is 0 Å². The number of hydrogen-bond donors (Lipinski definition) is 0. The molecule has 1 heterocycles. The Hall–Kier alpha value is -3.45. The largest absolute Gasteiger partial charge is 0.247 e. The minimum absolute atomic E-state index is 0.995. The molecular weight excluding hydrogens is 326 g/mol. The van der Waals surface area contributed by atoms with Crippen molar-refractivity contribution in [1.82, 2.24) is 4.98 Å². The molecule has 1 aromatic heterocycles. The molecule has 0 radical (unpaired) electrons. The first-order valence-corrected chi connectivity index (χ1v) is 9.12. The third-order valence-corrected chi connectivity index (χ3v) is 4.84. The number of aryl methyl sites for hydroxylation is 1. The van der Waals surface area contributed by atoms with Crippen LogP contribution in [-0.4, -0.2) is 4.98 Å². The van der Waals surface area contributed by atoms with Gasteiger partial charge < -0.3 is 0 Å². The second-order valence-electron chi connectivity index (χ2n) is 6.56. The maximum absolute atomic E-state index is 5.04. The van der Waals surface area contributed by atoms with Crippen molar-refractivity contribution in [3.05, 3.63) is 109 Å². The fraction of sp³-hybridized carbons (Fsp3) is 0.0385. The van der Waals surface area contributed by atoms with Gasteiger partial charge in [0.2, 0.25) is 0 Å². The zero-order chi connectivity index (χ0) is 18.6. The summed E-state index contributed by atoms with van der Waals surface area (Å²) >= 11 is 0. The Labute approximate surface area is 160 Å². The first-order valence-electron chi connectivity index (χ1n) is 9.12. The van der Waals surface area contributed by atoms with Crippen LogP contribution in [0.2, 0.25) is 0 Å². The Balaban J connectivity index is 2.04. The maximum atomic E-state index is 5.04. The first-order chi connectivity index (χ1) is 13.3. The predicted molar refractivity (Wildman–Crippen MR) is 117 cm³/mol. The molecule has 0 bridgehead atoms. The summed E-state index contributed by atoms with van der Waals surface area (Å²) in [6.07, 6.45) is 5.85. The molecule has 0 aliphatic heterocycles. The third kappa shape index (κ3) is 3.32. The van der Waals surface area contributed by atoms with E-state index in [2.05, 4.69) is 92.4 Å². The fourth-order valence-electron chi connectivity index (χ4n) is 3.41. The van der Waals surface area contributed by atoms with Gasteiger partial charge in [-0.2, -0.15) is 0 Å². The van der Waals surface area contributed by atoms with E-state index in [1.54, 1.807) is 6.08 Å². The smallest absolute Gasteiger partial charge is 0.0750 e. The van der Waals surface area contributed by atoms with Crippen molar-refractivity contribution in [2.24, 2.45) is 0 Å². The number of hydrogen-bond acceptors (Lipinski definition) is 1.